The lowest BCUT2D eigenvalue weighted by molar-refractivity contribution is -0.143. The summed E-state index contributed by atoms with van der Waals surface area (Å²) in [6, 6.07) is 9.89. The first kappa shape index (κ1) is 12.8. The topological polar surface area (TPSA) is 37.3 Å². The van der Waals surface area contributed by atoms with E-state index in [2.05, 4.69) is 20.8 Å². The fraction of sp³-hybridized carbons (Fsp3) is 0.500. The average molecular weight is 220 g/mol. The number of carboxylic acids is 1. The van der Waals surface area contributed by atoms with Crippen LogP contribution in [0.3, 0.4) is 0 Å². The van der Waals surface area contributed by atoms with Gasteiger partial charge < -0.3 is 5.11 Å². The van der Waals surface area contributed by atoms with Crippen molar-refractivity contribution in [2.75, 3.05) is 0 Å². The zero-order valence-corrected chi connectivity index (χ0v) is 10.4. The highest BCUT2D eigenvalue weighted by atomic mass is 16.4. The minimum atomic E-state index is -0.733. The molecular formula is C14H20O2. The molecule has 0 saturated heterocycles. The Kier molecular flexibility index (Phi) is 3.74. The van der Waals surface area contributed by atoms with Gasteiger partial charge in [-0.05, 0) is 11.0 Å². The molecule has 0 fully saturated rings. The van der Waals surface area contributed by atoms with Crippen LogP contribution in [0.15, 0.2) is 30.3 Å². The maximum absolute atomic E-state index is 11.2. The van der Waals surface area contributed by atoms with Gasteiger partial charge in [0.05, 0.1) is 5.92 Å². The molecule has 0 aliphatic carbocycles. The fourth-order valence-electron chi connectivity index (χ4n) is 2.34. The molecule has 0 unspecified atom stereocenters. The number of hydrogen-bond acceptors (Lipinski definition) is 1. The van der Waals surface area contributed by atoms with Crippen LogP contribution in [0.2, 0.25) is 0 Å². The van der Waals surface area contributed by atoms with Crippen molar-refractivity contribution in [1.82, 2.24) is 0 Å². The smallest absolute Gasteiger partial charge is 0.306 e. The summed E-state index contributed by atoms with van der Waals surface area (Å²) in [4.78, 5) is 11.2. The molecule has 2 heteroatoms. The number of benzene rings is 1. The minimum Gasteiger partial charge on any atom is -0.481 e. The van der Waals surface area contributed by atoms with Gasteiger partial charge in [-0.1, -0.05) is 58.0 Å². The van der Waals surface area contributed by atoms with Crippen molar-refractivity contribution in [2.45, 2.75) is 33.6 Å². The van der Waals surface area contributed by atoms with E-state index in [-0.39, 0.29) is 17.3 Å². The molecule has 0 aromatic heterocycles. The molecule has 16 heavy (non-hydrogen) atoms. The summed E-state index contributed by atoms with van der Waals surface area (Å²) in [6.45, 7) is 8.05. The molecule has 88 valence electrons. The van der Waals surface area contributed by atoms with Crippen molar-refractivity contribution >= 4 is 5.97 Å². The molecule has 2 atom stereocenters. The van der Waals surface area contributed by atoms with E-state index in [0.29, 0.717) is 0 Å². The maximum Gasteiger partial charge on any atom is 0.306 e. The molecular weight excluding hydrogens is 200 g/mol. The van der Waals surface area contributed by atoms with Crippen molar-refractivity contribution in [3.8, 4) is 0 Å². The summed E-state index contributed by atoms with van der Waals surface area (Å²) in [5.41, 5.74) is 1.05. The number of rotatable bonds is 3. The third kappa shape index (κ3) is 2.84. The molecule has 0 heterocycles. The fourth-order valence-corrected chi connectivity index (χ4v) is 2.34. The first-order chi connectivity index (χ1) is 7.34. The van der Waals surface area contributed by atoms with Crippen molar-refractivity contribution in [1.29, 1.82) is 0 Å². The summed E-state index contributed by atoms with van der Waals surface area (Å²) in [6.07, 6.45) is 0. The summed E-state index contributed by atoms with van der Waals surface area (Å²) < 4.78 is 0. The van der Waals surface area contributed by atoms with E-state index in [4.69, 9.17) is 0 Å². The van der Waals surface area contributed by atoms with Gasteiger partial charge in [0.2, 0.25) is 0 Å². The van der Waals surface area contributed by atoms with E-state index < -0.39 is 5.97 Å². The Hall–Kier alpha value is -1.31. The third-order valence-electron chi connectivity index (χ3n) is 2.98. The van der Waals surface area contributed by atoms with Crippen LogP contribution >= 0.6 is 0 Å². The Bertz CT molecular complexity index is 349. The third-order valence-corrected chi connectivity index (χ3v) is 2.98. The highest BCUT2D eigenvalue weighted by Gasteiger charge is 2.34. The second-order valence-corrected chi connectivity index (χ2v) is 5.38. The molecule has 2 nitrogen and oxygen atoms in total. The number of carbonyl (C=O) groups is 1. The Morgan fingerprint density at radius 2 is 1.69 bits per heavy atom. The summed E-state index contributed by atoms with van der Waals surface area (Å²) in [5, 5.41) is 9.18. The van der Waals surface area contributed by atoms with Gasteiger partial charge in [-0.3, -0.25) is 4.79 Å². The molecule has 0 amide bonds. The molecule has 0 radical (unpaired) electrons. The largest absolute Gasteiger partial charge is 0.481 e. The number of carboxylic acid groups (broad SMARTS) is 1. The van der Waals surface area contributed by atoms with Crippen LogP contribution in [0.4, 0.5) is 0 Å². The second kappa shape index (κ2) is 4.69. The molecule has 0 spiro atoms. The van der Waals surface area contributed by atoms with E-state index in [1.807, 2.05) is 30.3 Å². The zero-order valence-electron chi connectivity index (χ0n) is 10.4. The Balaban J connectivity index is 3.12. The van der Waals surface area contributed by atoms with Gasteiger partial charge in [0.1, 0.15) is 0 Å². The normalized spacial score (nSPS) is 15.5. The molecule has 0 bridgehead atoms. The summed E-state index contributed by atoms with van der Waals surface area (Å²) in [7, 11) is 0. The zero-order chi connectivity index (χ0) is 12.3. The van der Waals surface area contributed by atoms with Gasteiger partial charge in [-0.2, -0.15) is 0 Å². The summed E-state index contributed by atoms with van der Waals surface area (Å²) in [5.74, 6) is -1.07. The van der Waals surface area contributed by atoms with Crippen LogP contribution in [0.25, 0.3) is 0 Å². The van der Waals surface area contributed by atoms with Crippen molar-refractivity contribution < 1.29 is 9.90 Å². The van der Waals surface area contributed by atoms with E-state index in [1.165, 1.54) is 0 Å². The maximum atomic E-state index is 11.2. The lowest BCUT2D eigenvalue weighted by Crippen LogP contribution is -2.29. The Morgan fingerprint density at radius 1 is 1.19 bits per heavy atom. The first-order valence-corrected chi connectivity index (χ1v) is 5.62. The number of hydrogen-bond donors (Lipinski definition) is 1. The average Bonchev–Trinajstić information content (AvgIpc) is 2.17. The lowest BCUT2D eigenvalue weighted by Gasteiger charge is -2.34. The predicted molar refractivity (Wildman–Crippen MR) is 65.4 cm³/mol. The van der Waals surface area contributed by atoms with E-state index in [9.17, 15) is 9.90 Å². The van der Waals surface area contributed by atoms with Crippen LogP contribution in [0.5, 0.6) is 0 Å². The van der Waals surface area contributed by atoms with Crippen molar-refractivity contribution in [3.63, 3.8) is 0 Å². The van der Waals surface area contributed by atoms with Gasteiger partial charge in [-0.15, -0.1) is 0 Å². The summed E-state index contributed by atoms with van der Waals surface area (Å²) >= 11 is 0. The van der Waals surface area contributed by atoms with Crippen molar-refractivity contribution in [2.24, 2.45) is 11.3 Å². The monoisotopic (exact) mass is 220 g/mol. The van der Waals surface area contributed by atoms with Gasteiger partial charge in [-0.25, -0.2) is 0 Å². The van der Waals surface area contributed by atoms with Crippen LogP contribution in [0, 0.1) is 11.3 Å². The Labute approximate surface area is 97.3 Å². The van der Waals surface area contributed by atoms with Crippen molar-refractivity contribution in [3.05, 3.63) is 35.9 Å². The highest BCUT2D eigenvalue weighted by molar-refractivity contribution is 5.71. The molecule has 0 aliphatic rings. The van der Waals surface area contributed by atoms with E-state index in [0.717, 1.165) is 5.56 Å². The van der Waals surface area contributed by atoms with Crippen LogP contribution in [-0.4, -0.2) is 11.1 Å². The molecule has 0 aliphatic heterocycles. The Morgan fingerprint density at radius 3 is 2.06 bits per heavy atom. The van der Waals surface area contributed by atoms with Gasteiger partial charge in [0, 0.05) is 5.92 Å². The predicted octanol–water partition coefficient (Wildman–Crippen LogP) is 3.54. The van der Waals surface area contributed by atoms with Crippen LogP contribution < -0.4 is 0 Å². The van der Waals surface area contributed by atoms with Gasteiger partial charge >= 0.3 is 5.97 Å². The van der Waals surface area contributed by atoms with Crippen LogP contribution in [0.1, 0.15) is 39.2 Å². The van der Waals surface area contributed by atoms with E-state index >= 15 is 0 Å². The van der Waals surface area contributed by atoms with Crippen LogP contribution in [-0.2, 0) is 4.79 Å². The molecule has 1 aromatic carbocycles. The highest BCUT2D eigenvalue weighted by Crippen LogP contribution is 2.40. The molecule has 1 rings (SSSR count). The standard InChI is InChI=1S/C14H20O2/c1-10(13(15)16)12(14(2,3)4)11-8-6-5-7-9-11/h5-10,12H,1-4H3,(H,15,16)/t10-,12+/m0/s1. The molecule has 0 saturated carbocycles. The number of aliphatic carboxylic acids is 1. The van der Waals surface area contributed by atoms with Gasteiger partial charge in [0.25, 0.3) is 0 Å². The van der Waals surface area contributed by atoms with Gasteiger partial charge in [0.15, 0.2) is 0 Å². The minimum absolute atomic E-state index is 0.0335. The lowest BCUT2D eigenvalue weighted by atomic mass is 9.70. The SMILES string of the molecule is C[C@H](C(=O)O)[C@H](c1ccccc1)C(C)(C)C. The molecule has 1 N–H and O–H groups in total. The molecule has 1 aromatic rings. The van der Waals surface area contributed by atoms with E-state index in [1.54, 1.807) is 6.92 Å². The second-order valence-electron chi connectivity index (χ2n) is 5.38. The first-order valence-electron chi connectivity index (χ1n) is 5.62. The quantitative estimate of drug-likeness (QED) is 0.846.